The molecular formula is C17H27ClN2O. The van der Waals surface area contributed by atoms with Crippen LogP contribution in [0.3, 0.4) is 0 Å². The van der Waals surface area contributed by atoms with Crippen LogP contribution in [0.25, 0.3) is 0 Å². The van der Waals surface area contributed by atoms with Crippen molar-refractivity contribution in [3.8, 4) is 0 Å². The molecule has 1 aromatic rings. The summed E-state index contributed by atoms with van der Waals surface area (Å²) in [4.78, 5) is 2.46. The molecule has 1 aliphatic heterocycles. The first kappa shape index (κ1) is 16.6. The maximum atomic E-state index is 6.48. The van der Waals surface area contributed by atoms with Crippen molar-refractivity contribution in [2.45, 2.75) is 26.8 Å². The van der Waals surface area contributed by atoms with Crippen LogP contribution >= 0.6 is 11.6 Å². The summed E-state index contributed by atoms with van der Waals surface area (Å²) in [5, 5.41) is 4.28. The van der Waals surface area contributed by atoms with Gasteiger partial charge in [-0.3, -0.25) is 0 Å². The number of halogens is 1. The summed E-state index contributed by atoms with van der Waals surface area (Å²) in [6.07, 6.45) is 1.26. The highest BCUT2D eigenvalue weighted by Crippen LogP contribution is 2.35. The first-order valence-electron chi connectivity index (χ1n) is 7.85. The van der Waals surface area contributed by atoms with Crippen LogP contribution in [0.2, 0.25) is 5.02 Å². The molecule has 21 heavy (non-hydrogen) atoms. The van der Waals surface area contributed by atoms with Crippen molar-refractivity contribution in [3.63, 3.8) is 0 Å². The van der Waals surface area contributed by atoms with Crippen molar-refractivity contribution in [2.75, 3.05) is 38.3 Å². The van der Waals surface area contributed by atoms with Crippen LogP contribution in [0.1, 0.15) is 25.8 Å². The molecule has 3 nitrogen and oxygen atoms in total. The lowest BCUT2D eigenvalue weighted by Gasteiger charge is -2.24. The molecule has 0 spiro atoms. The highest BCUT2D eigenvalue weighted by Gasteiger charge is 2.27. The van der Waals surface area contributed by atoms with Gasteiger partial charge >= 0.3 is 0 Å². The predicted octanol–water partition coefficient (Wildman–Crippen LogP) is 3.56. The fourth-order valence-corrected chi connectivity index (χ4v) is 3.30. The molecule has 0 radical (unpaired) electrons. The number of nitrogens with one attached hydrogen (secondary N) is 1. The number of rotatable bonds is 7. The zero-order valence-corrected chi connectivity index (χ0v) is 14.1. The molecule has 0 bridgehead atoms. The fraction of sp³-hybridized carbons (Fsp3) is 0.647. The Balaban J connectivity index is 2.07. The zero-order valence-electron chi connectivity index (χ0n) is 13.4. The Bertz CT molecular complexity index is 450. The van der Waals surface area contributed by atoms with Crippen molar-refractivity contribution >= 4 is 17.3 Å². The Morgan fingerprint density at radius 3 is 2.90 bits per heavy atom. The number of ether oxygens (including phenoxy) is 1. The Morgan fingerprint density at radius 1 is 1.43 bits per heavy atom. The number of benzene rings is 1. The maximum Gasteiger partial charge on any atom is 0.0642 e. The SMILES string of the molecule is COCCNCc1cccc(Cl)c1N1CCC(C(C)C)C1. The Hall–Kier alpha value is -0.770. The first-order chi connectivity index (χ1) is 10.1. The van der Waals surface area contributed by atoms with E-state index in [1.54, 1.807) is 7.11 Å². The van der Waals surface area contributed by atoms with Gasteiger partial charge in [0.15, 0.2) is 0 Å². The van der Waals surface area contributed by atoms with Crippen LogP contribution in [-0.4, -0.2) is 33.4 Å². The Kier molecular flexibility index (Phi) is 6.34. The molecule has 1 unspecified atom stereocenters. The quantitative estimate of drug-likeness (QED) is 0.779. The zero-order chi connectivity index (χ0) is 15.2. The monoisotopic (exact) mass is 310 g/mol. The van der Waals surface area contributed by atoms with Crippen LogP contribution < -0.4 is 10.2 Å². The van der Waals surface area contributed by atoms with E-state index in [1.165, 1.54) is 17.7 Å². The number of hydrogen-bond acceptors (Lipinski definition) is 3. The first-order valence-corrected chi connectivity index (χ1v) is 8.23. The van der Waals surface area contributed by atoms with Gasteiger partial charge in [0.1, 0.15) is 0 Å². The summed E-state index contributed by atoms with van der Waals surface area (Å²) in [5.41, 5.74) is 2.50. The number of methoxy groups -OCH3 is 1. The second kappa shape index (κ2) is 8.02. The number of anilines is 1. The van der Waals surface area contributed by atoms with Crippen LogP contribution in [0.4, 0.5) is 5.69 Å². The molecule has 0 amide bonds. The Morgan fingerprint density at radius 2 is 2.24 bits per heavy atom. The summed E-state index contributed by atoms with van der Waals surface area (Å²) in [6, 6.07) is 6.21. The van der Waals surface area contributed by atoms with Gasteiger partial charge in [0.05, 0.1) is 17.3 Å². The second-order valence-corrected chi connectivity index (χ2v) is 6.56. The topological polar surface area (TPSA) is 24.5 Å². The summed E-state index contributed by atoms with van der Waals surface area (Å²) < 4.78 is 5.07. The highest BCUT2D eigenvalue weighted by atomic mass is 35.5. The third kappa shape index (κ3) is 4.35. The van der Waals surface area contributed by atoms with Gasteiger partial charge in [-0.25, -0.2) is 0 Å². The molecular weight excluding hydrogens is 284 g/mol. The van der Waals surface area contributed by atoms with E-state index in [9.17, 15) is 0 Å². The standard InChI is InChI=1S/C17H27ClN2O/c1-13(2)15-7-9-20(12-15)17-14(5-4-6-16(17)18)11-19-8-10-21-3/h4-6,13,15,19H,7-12H2,1-3H3. The fourth-order valence-electron chi connectivity index (χ4n) is 2.99. The minimum absolute atomic E-state index is 0.731. The molecule has 1 atom stereocenters. The summed E-state index contributed by atoms with van der Waals surface area (Å²) in [6.45, 7) is 9.28. The smallest absolute Gasteiger partial charge is 0.0642 e. The largest absolute Gasteiger partial charge is 0.383 e. The van der Waals surface area contributed by atoms with E-state index in [4.69, 9.17) is 16.3 Å². The molecule has 1 aliphatic rings. The van der Waals surface area contributed by atoms with Gasteiger partial charge in [-0.15, -0.1) is 0 Å². The average molecular weight is 311 g/mol. The van der Waals surface area contributed by atoms with E-state index in [0.29, 0.717) is 0 Å². The predicted molar refractivity (Wildman–Crippen MR) is 90.2 cm³/mol. The summed E-state index contributed by atoms with van der Waals surface area (Å²) >= 11 is 6.48. The lowest BCUT2D eigenvalue weighted by molar-refractivity contribution is 0.199. The van der Waals surface area contributed by atoms with E-state index in [-0.39, 0.29) is 0 Å². The van der Waals surface area contributed by atoms with Gasteiger partial charge in [-0.1, -0.05) is 37.6 Å². The molecule has 0 aliphatic carbocycles. The molecule has 1 fully saturated rings. The molecule has 0 aromatic heterocycles. The van der Waals surface area contributed by atoms with Gasteiger partial charge in [0, 0.05) is 33.3 Å². The molecule has 2 rings (SSSR count). The maximum absolute atomic E-state index is 6.48. The van der Waals surface area contributed by atoms with Crippen molar-refractivity contribution in [3.05, 3.63) is 28.8 Å². The van der Waals surface area contributed by atoms with Gasteiger partial charge in [-0.2, -0.15) is 0 Å². The highest BCUT2D eigenvalue weighted by molar-refractivity contribution is 6.33. The Labute approximate surface area is 133 Å². The van der Waals surface area contributed by atoms with Gasteiger partial charge in [-0.05, 0) is 29.9 Å². The molecule has 0 saturated carbocycles. The van der Waals surface area contributed by atoms with Crippen LogP contribution in [0.5, 0.6) is 0 Å². The molecule has 118 valence electrons. The molecule has 1 aromatic carbocycles. The minimum atomic E-state index is 0.731. The van der Waals surface area contributed by atoms with Gasteiger partial charge < -0.3 is 15.0 Å². The minimum Gasteiger partial charge on any atom is -0.383 e. The number of para-hydroxylation sites is 1. The van der Waals surface area contributed by atoms with E-state index >= 15 is 0 Å². The molecule has 1 saturated heterocycles. The average Bonchev–Trinajstić information content (AvgIpc) is 2.93. The van der Waals surface area contributed by atoms with Crippen LogP contribution in [0.15, 0.2) is 18.2 Å². The van der Waals surface area contributed by atoms with E-state index in [1.807, 2.05) is 12.1 Å². The summed E-state index contributed by atoms with van der Waals surface area (Å²) in [5.74, 6) is 1.51. The van der Waals surface area contributed by atoms with Crippen molar-refractivity contribution in [1.82, 2.24) is 5.32 Å². The lowest BCUT2D eigenvalue weighted by Crippen LogP contribution is -2.25. The van der Waals surface area contributed by atoms with Crippen molar-refractivity contribution in [2.24, 2.45) is 11.8 Å². The molecule has 1 heterocycles. The molecule has 4 heteroatoms. The third-order valence-corrected chi connectivity index (χ3v) is 4.66. The van der Waals surface area contributed by atoms with Crippen molar-refractivity contribution in [1.29, 1.82) is 0 Å². The summed E-state index contributed by atoms with van der Waals surface area (Å²) in [7, 11) is 1.72. The van der Waals surface area contributed by atoms with Crippen molar-refractivity contribution < 1.29 is 4.74 Å². The van der Waals surface area contributed by atoms with Crippen LogP contribution in [0, 0.1) is 11.8 Å². The van der Waals surface area contributed by atoms with E-state index in [2.05, 4.69) is 30.1 Å². The molecule has 1 N–H and O–H groups in total. The van der Waals surface area contributed by atoms with Gasteiger partial charge in [0.2, 0.25) is 0 Å². The second-order valence-electron chi connectivity index (χ2n) is 6.16. The third-order valence-electron chi connectivity index (χ3n) is 4.35. The number of hydrogen-bond donors (Lipinski definition) is 1. The van der Waals surface area contributed by atoms with E-state index < -0.39 is 0 Å². The van der Waals surface area contributed by atoms with Crippen LogP contribution in [-0.2, 0) is 11.3 Å². The lowest BCUT2D eigenvalue weighted by atomic mass is 9.95. The number of nitrogens with zero attached hydrogens (tertiary/aromatic N) is 1. The normalized spacial score (nSPS) is 18.7. The van der Waals surface area contributed by atoms with E-state index in [0.717, 1.165) is 49.6 Å². The van der Waals surface area contributed by atoms with Gasteiger partial charge in [0.25, 0.3) is 0 Å².